The normalized spacial score (nSPS) is 34.0. The second-order valence-electron chi connectivity index (χ2n) is 6.31. The van der Waals surface area contributed by atoms with E-state index < -0.39 is 12.0 Å². The first-order valence-corrected chi connectivity index (χ1v) is 7.82. The molecule has 1 aliphatic carbocycles. The van der Waals surface area contributed by atoms with Crippen LogP contribution in [0.5, 0.6) is 0 Å². The molecule has 2 rings (SSSR count). The zero-order chi connectivity index (χ0) is 14.7. The van der Waals surface area contributed by atoms with Crippen LogP contribution < -0.4 is 5.32 Å². The van der Waals surface area contributed by atoms with Gasteiger partial charge in [-0.2, -0.15) is 0 Å². The summed E-state index contributed by atoms with van der Waals surface area (Å²) in [6, 6.07) is -0.642. The minimum Gasteiger partial charge on any atom is -0.480 e. The number of carboxylic acids is 1. The predicted molar refractivity (Wildman–Crippen MR) is 76.5 cm³/mol. The van der Waals surface area contributed by atoms with Crippen LogP contribution >= 0.6 is 0 Å². The summed E-state index contributed by atoms with van der Waals surface area (Å²) in [5, 5.41) is 12.4. The van der Waals surface area contributed by atoms with Crippen molar-refractivity contribution in [3.8, 4) is 0 Å². The summed E-state index contributed by atoms with van der Waals surface area (Å²) in [6.07, 6.45) is 5.78. The van der Waals surface area contributed by atoms with Gasteiger partial charge in [0.1, 0.15) is 6.04 Å². The van der Waals surface area contributed by atoms with Crippen molar-refractivity contribution >= 4 is 12.0 Å². The molecule has 1 saturated heterocycles. The summed E-state index contributed by atoms with van der Waals surface area (Å²) in [5.74, 6) is 0.0405. The van der Waals surface area contributed by atoms with Gasteiger partial charge < -0.3 is 15.3 Å². The molecule has 0 radical (unpaired) electrons. The average molecular weight is 282 g/mol. The van der Waals surface area contributed by atoms with Crippen molar-refractivity contribution in [2.45, 2.75) is 64.5 Å². The summed E-state index contributed by atoms with van der Waals surface area (Å²) in [4.78, 5) is 25.3. The standard InChI is InChI=1S/C15H26N2O3/c1-3-11-7-8-17(13(9-11)14(18)19)15(20)16-12-6-4-5-10(12)2/h10-13H,3-9H2,1-2H3,(H,16,20)(H,18,19). The van der Waals surface area contributed by atoms with Crippen molar-refractivity contribution in [3.05, 3.63) is 0 Å². The lowest BCUT2D eigenvalue weighted by molar-refractivity contribution is -0.144. The number of carbonyl (C=O) groups is 2. The molecular weight excluding hydrogens is 256 g/mol. The molecule has 2 N–H and O–H groups in total. The van der Waals surface area contributed by atoms with E-state index in [9.17, 15) is 14.7 Å². The maximum absolute atomic E-state index is 12.4. The van der Waals surface area contributed by atoms with Crippen LogP contribution in [-0.2, 0) is 4.79 Å². The molecule has 1 heterocycles. The van der Waals surface area contributed by atoms with Crippen molar-refractivity contribution in [1.82, 2.24) is 10.2 Å². The number of carboxylic acid groups (broad SMARTS) is 1. The lowest BCUT2D eigenvalue weighted by Crippen LogP contribution is -2.55. The molecule has 5 heteroatoms. The summed E-state index contributed by atoms with van der Waals surface area (Å²) < 4.78 is 0. The molecule has 2 amide bonds. The second-order valence-corrected chi connectivity index (χ2v) is 6.31. The Morgan fingerprint density at radius 2 is 2.05 bits per heavy atom. The van der Waals surface area contributed by atoms with Crippen molar-refractivity contribution in [2.24, 2.45) is 11.8 Å². The van der Waals surface area contributed by atoms with Gasteiger partial charge in [-0.15, -0.1) is 0 Å². The maximum Gasteiger partial charge on any atom is 0.326 e. The molecule has 0 aromatic carbocycles. The third kappa shape index (κ3) is 3.25. The van der Waals surface area contributed by atoms with Crippen LogP contribution in [0.15, 0.2) is 0 Å². The molecule has 0 aromatic rings. The number of nitrogens with zero attached hydrogens (tertiary/aromatic N) is 1. The van der Waals surface area contributed by atoms with Crippen molar-refractivity contribution < 1.29 is 14.7 Å². The first kappa shape index (κ1) is 15.1. The Bertz CT molecular complexity index is 372. The quantitative estimate of drug-likeness (QED) is 0.835. The molecule has 4 atom stereocenters. The number of piperidine rings is 1. The molecule has 2 aliphatic rings. The first-order valence-electron chi connectivity index (χ1n) is 7.82. The van der Waals surface area contributed by atoms with Crippen LogP contribution in [0.25, 0.3) is 0 Å². The molecule has 0 bridgehead atoms. The van der Waals surface area contributed by atoms with E-state index in [1.165, 1.54) is 4.90 Å². The van der Waals surface area contributed by atoms with Crippen molar-refractivity contribution in [3.63, 3.8) is 0 Å². The number of aliphatic carboxylic acids is 1. The molecule has 1 saturated carbocycles. The van der Waals surface area contributed by atoms with Crippen molar-refractivity contribution in [1.29, 1.82) is 0 Å². The van der Waals surface area contributed by atoms with E-state index in [2.05, 4.69) is 19.2 Å². The molecule has 4 unspecified atom stereocenters. The molecule has 0 aromatic heterocycles. The number of amides is 2. The lowest BCUT2D eigenvalue weighted by atomic mass is 9.89. The predicted octanol–water partition coefficient (Wildman–Crippen LogP) is 2.46. The Labute approximate surface area is 120 Å². The fourth-order valence-corrected chi connectivity index (χ4v) is 3.49. The van der Waals surface area contributed by atoms with Crippen LogP contribution in [0.2, 0.25) is 0 Å². The van der Waals surface area contributed by atoms with E-state index in [-0.39, 0.29) is 12.1 Å². The number of rotatable bonds is 3. The van der Waals surface area contributed by atoms with Gasteiger partial charge in [0.05, 0.1) is 0 Å². The number of carbonyl (C=O) groups excluding carboxylic acids is 1. The van der Waals surface area contributed by atoms with Gasteiger partial charge in [-0.3, -0.25) is 0 Å². The molecule has 2 fully saturated rings. The number of hydrogen-bond acceptors (Lipinski definition) is 2. The zero-order valence-corrected chi connectivity index (χ0v) is 12.5. The molecule has 5 nitrogen and oxygen atoms in total. The SMILES string of the molecule is CCC1CCN(C(=O)NC2CCCC2C)C(C(=O)O)C1. The van der Waals surface area contributed by atoms with Crippen LogP contribution in [0, 0.1) is 11.8 Å². The smallest absolute Gasteiger partial charge is 0.326 e. The first-order chi connectivity index (χ1) is 9.52. The number of likely N-dealkylation sites (tertiary alicyclic amines) is 1. The summed E-state index contributed by atoms with van der Waals surface area (Å²) in [6.45, 7) is 4.79. The number of nitrogens with one attached hydrogen (secondary N) is 1. The van der Waals surface area contributed by atoms with E-state index >= 15 is 0 Å². The fraction of sp³-hybridized carbons (Fsp3) is 0.867. The number of urea groups is 1. The van der Waals surface area contributed by atoms with Crippen LogP contribution in [0.1, 0.15) is 52.4 Å². The second kappa shape index (κ2) is 6.46. The Balaban J connectivity index is 1.98. The maximum atomic E-state index is 12.4. The largest absolute Gasteiger partial charge is 0.480 e. The van der Waals surface area contributed by atoms with Crippen LogP contribution in [0.3, 0.4) is 0 Å². The highest BCUT2D eigenvalue weighted by Gasteiger charge is 2.37. The van der Waals surface area contributed by atoms with E-state index in [4.69, 9.17) is 0 Å². The third-order valence-electron chi connectivity index (χ3n) is 5.00. The monoisotopic (exact) mass is 282 g/mol. The highest BCUT2D eigenvalue weighted by Crippen LogP contribution is 2.28. The Morgan fingerprint density at radius 3 is 2.60 bits per heavy atom. The molecule has 0 spiro atoms. The van der Waals surface area contributed by atoms with E-state index in [0.29, 0.717) is 24.8 Å². The zero-order valence-electron chi connectivity index (χ0n) is 12.5. The minimum atomic E-state index is -0.877. The fourth-order valence-electron chi connectivity index (χ4n) is 3.49. The molecule has 114 valence electrons. The minimum absolute atomic E-state index is 0.189. The molecule has 20 heavy (non-hydrogen) atoms. The van der Waals surface area contributed by atoms with Gasteiger partial charge in [-0.05, 0) is 37.5 Å². The van der Waals surface area contributed by atoms with Gasteiger partial charge in [0, 0.05) is 12.6 Å². The average Bonchev–Trinajstić information content (AvgIpc) is 2.83. The summed E-state index contributed by atoms with van der Waals surface area (Å²) in [5.41, 5.74) is 0. The van der Waals surface area contributed by atoms with Gasteiger partial charge in [0.15, 0.2) is 0 Å². The Kier molecular flexibility index (Phi) is 4.89. The van der Waals surface area contributed by atoms with E-state index in [1.807, 2.05) is 0 Å². The summed E-state index contributed by atoms with van der Waals surface area (Å²) in [7, 11) is 0. The van der Waals surface area contributed by atoms with Gasteiger partial charge in [0.2, 0.25) is 0 Å². The van der Waals surface area contributed by atoms with Crippen LogP contribution in [0.4, 0.5) is 4.79 Å². The van der Waals surface area contributed by atoms with E-state index in [1.54, 1.807) is 0 Å². The van der Waals surface area contributed by atoms with Gasteiger partial charge in [0.25, 0.3) is 0 Å². The third-order valence-corrected chi connectivity index (χ3v) is 5.00. The molecule has 1 aliphatic heterocycles. The Morgan fingerprint density at radius 1 is 1.30 bits per heavy atom. The lowest BCUT2D eigenvalue weighted by Gasteiger charge is -2.37. The van der Waals surface area contributed by atoms with Gasteiger partial charge >= 0.3 is 12.0 Å². The van der Waals surface area contributed by atoms with Crippen molar-refractivity contribution in [2.75, 3.05) is 6.54 Å². The summed E-state index contributed by atoms with van der Waals surface area (Å²) >= 11 is 0. The Hall–Kier alpha value is -1.26. The van der Waals surface area contributed by atoms with Crippen LogP contribution in [-0.4, -0.2) is 40.6 Å². The highest BCUT2D eigenvalue weighted by molar-refractivity contribution is 5.83. The number of hydrogen-bond donors (Lipinski definition) is 2. The van der Waals surface area contributed by atoms with Gasteiger partial charge in [-0.25, -0.2) is 9.59 Å². The van der Waals surface area contributed by atoms with Gasteiger partial charge in [-0.1, -0.05) is 26.7 Å². The topological polar surface area (TPSA) is 69.6 Å². The van der Waals surface area contributed by atoms with E-state index in [0.717, 1.165) is 32.1 Å². The highest BCUT2D eigenvalue weighted by atomic mass is 16.4. The molecular formula is C15H26N2O3.